The van der Waals surface area contributed by atoms with Crippen molar-refractivity contribution in [2.75, 3.05) is 18.4 Å². The van der Waals surface area contributed by atoms with Gasteiger partial charge in [0.2, 0.25) is 0 Å². The fourth-order valence-electron chi connectivity index (χ4n) is 2.76. The molecule has 0 spiro atoms. The highest BCUT2D eigenvalue weighted by molar-refractivity contribution is 6.04. The number of hydrogen-bond donors (Lipinski definition) is 1. The maximum Gasteiger partial charge on any atom is 0.274 e. The molecule has 1 aromatic heterocycles. The van der Waals surface area contributed by atoms with Gasteiger partial charge in [0.05, 0.1) is 0 Å². The zero-order valence-electron chi connectivity index (χ0n) is 13.5. The fraction of sp³-hybridized carbons (Fsp3) is 0.278. The summed E-state index contributed by atoms with van der Waals surface area (Å²) < 4.78 is 27.3. The number of amides is 2. The van der Waals surface area contributed by atoms with Crippen molar-refractivity contribution in [3.8, 4) is 0 Å². The van der Waals surface area contributed by atoms with Gasteiger partial charge in [-0.3, -0.25) is 14.6 Å². The van der Waals surface area contributed by atoms with Crippen LogP contribution in [0, 0.1) is 11.6 Å². The first-order valence-electron chi connectivity index (χ1n) is 8.07. The van der Waals surface area contributed by atoms with E-state index >= 15 is 0 Å². The number of anilines is 1. The maximum absolute atomic E-state index is 13.6. The molecule has 2 amide bonds. The van der Waals surface area contributed by atoms with Gasteiger partial charge in [-0.05, 0) is 43.5 Å². The highest BCUT2D eigenvalue weighted by atomic mass is 19.1. The highest BCUT2D eigenvalue weighted by Gasteiger charge is 2.20. The molecule has 130 valence electrons. The van der Waals surface area contributed by atoms with E-state index in [1.54, 1.807) is 4.90 Å². The first kappa shape index (κ1) is 17.0. The van der Waals surface area contributed by atoms with Crippen molar-refractivity contribution >= 4 is 17.5 Å². The number of likely N-dealkylation sites (tertiary alicyclic amines) is 1. The molecular weight excluding hydrogens is 328 g/mol. The average Bonchev–Trinajstić information content (AvgIpc) is 2.65. The molecule has 0 radical (unpaired) electrons. The lowest BCUT2D eigenvalue weighted by Crippen LogP contribution is -2.35. The molecule has 1 aliphatic heterocycles. The van der Waals surface area contributed by atoms with Crippen molar-refractivity contribution in [2.45, 2.75) is 19.3 Å². The molecule has 7 heteroatoms. The molecule has 3 rings (SSSR count). The third-order valence-electron chi connectivity index (χ3n) is 4.08. The molecule has 0 aliphatic carbocycles. The van der Waals surface area contributed by atoms with Crippen LogP contribution in [0.1, 0.15) is 40.1 Å². The normalized spacial score (nSPS) is 14.2. The molecule has 2 aromatic rings. The average molecular weight is 345 g/mol. The van der Waals surface area contributed by atoms with E-state index in [0.29, 0.717) is 18.7 Å². The number of nitrogens with one attached hydrogen (secondary N) is 1. The molecule has 1 saturated heterocycles. The standard InChI is InChI=1S/C18H17F2N3O2/c19-13-5-4-6-14(20)16(13)22-17(24)15-11-12(7-8-21-15)18(25)23-9-2-1-3-10-23/h4-8,11H,1-3,9-10H2,(H,22,24). The van der Waals surface area contributed by atoms with Crippen LogP contribution in [0.4, 0.5) is 14.5 Å². The second-order valence-corrected chi connectivity index (χ2v) is 5.83. The Morgan fingerprint density at radius 3 is 2.40 bits per heavy atom. The number of nitrogens with zero attached hydrogens (tertiary/aromatic N) is 2. The molecule has 1 aromatic carbocycles. The molecule has 1 fully saturated rings. The molecule has 0 unspecified atom stereocenters. The number of aromatic nitrogens is 1. The van der Waals surface area contributed by atoms with Crippen molar-refractivity contribution in [3.05, 3.63) is 59.4 Å². The predicted molar refractivity (Wildman–Crippen MR) is 88.3 cm³/mol. The van der Waals surface area contributed by atoms with Gasteiger partial charge in [-0.25, -0.2) is 8.78 Å². The predicted octanol–water partition coefficient (Wildman–Crippen LogP) is 3.24. The second-order valence-electron chi connectivity index (χ2n) is 5.83. The zero-order chi connectivity index (χ0) is 17.8. The molecule has 1 aliphatic rings. The van der Waals surface area contributed by atoms with E-state index in [-0.39, 0.29) is 11.6 Å². The Balaban J connectivity index is 1.78. The van der Waals surface area contributed by atoms with Crippen LogP contribution in [-0.4, -0.2) is 34.8 Å². The molecule has 0 bridgehead atoms. The third kappa shape index (κ3) is 3.81. The van der Waals surface area contributed by atoms with Gasteiger partial charge in [-0.1, -0.05) is 6.07 Å². The van der Waals surface area contributed by atoms with Crippen LogP contribution in [0.25, 0.3) is 0 Å². The van der Waals surface area contributed by atoms with Gasteiger partial charge in [0, 0.05) is 24.8 Å². The summed E-state index contributed by atoms with van der Waals surface area (Å²) in [5, 5.41) is 2.16. The number of halogens is 2. The van der Waals surface area contributed by atoms with Crippen LogP contribution >= 0.6 is 0 Å². The fourth-order valence-corrected chi connectivity index (χ4v) is 2.76. The summed E-state index contributed by atoms with van der Waals surface area (Å²) >= 11 is 0. The number of rotatable bonds is 3. The molecule has 1 N–H and O–H groups in total. The highest BCUT2D eigenvalue weighted by Crippen LogP contribution is 2.19. The molecule has 5 nitrogen and oxygen atoms in total. The van der Waals surface area contributed by atoms with E-state index in [4.69, 9.17) is 0 Å². The summed E-state index contributed by atoms with van der Waals surface area (Å²) in [5.41, 5.74) is -0.288. The van der Waals surface area contributed by atoms with E-state index in [0.717, 1.165) is 31.4 Å². The van der Waals surface area contributed by atoms with Gasteiger partial charge < -0.3 is 10.2 Å². The third-order valence-corrected chi connectivity index (χ3v) is 4.08. The number of benzene rings is 1. The molecule has 0 atom stereocenters. The van der Waals surface area contributed by atoms with Gasteiger partial charge in [-0.15, -0.1) is 0 Å². The van der Waals surface area contributed by atoms with Crippen molar-refractivity contribution in [1.29, 1.82) is 0 Å². The van der Waals surface area contributed by atoms with Crippen LogP contribution in [0.5, 0.6) is 0 Å². The summed E-state index contributed by atoms with van der Waals surface area (Å²) in [7, 11) is 0. The first-order chi connectivity index (χ1) is 12.1. The lowest BCUT2D eigenvalue weighted by Gasteiger charge is -2.26. The van der Waals surface area contributed by atoms with Gasteiger partial charge in [0.15, 0.2) is 0 Å². The van der Waals surface area contributed by atoms with E-state index < -0.39 is 23.2 Å². The van der Waals surface area contributed by atoms with Crippen LogP contribution < -0.4 is 5.32 Å². The van der Waals surface area contributed by atoms with Crippen molar-refractivity contribution in [1.82, 2.24) is 9.88 Å². The maximum atomic E-state index is 13.6. The van der Waals surface area contributed by atoms with E-state index in [1.807, 2.05) is 0 Å². The molecule has 2 heterocycles. The van der Waals surface area contributed by atoms with E-state index in [2.05, 4.69) is 10.3 Å². The Kier molecular flexibility index (Phi) is 5.02. The van der Waals surface area contributed by atoms with Gasteiger partial charge in [0.25, 0.3) is 11.8 Å². The minimum atomic E-state index is -0.881. The second kappa shape index (κ2) is 7.38. The van der Waals surface area contributed by atoms with E-state index in [1.165, 1.54) is 24.4 Å². The van der Waals surface area contributed by atoms with Crippen LogP contribution in [0.2, 0.25) is 0 Å². The lowest BCUT2D eigenvalue weighted by atomic mass is 10.1. The number of piperidine rings is 1. The Hall–Kier alpha value is -2.83. The Bertz CT molecular complexity index is 784. The SMILES string of the molecule is O=C(Nc1c(F)cccc1F)c1cc(C(=O)N2CCCCC2)ccn1. The Labute approximate surface area is 143 Å². The smallest absolute Gasteiger partial charge is 0.274 e. The number of carbonyl (C=O) groups is 2. The van der Waals surface area contributed by atoms with Crippen molar-refractivity contribution in [2.24, 2.45) is 0 Å². The van der Waals surface area contributed by atoms with Gasteiger partial charge in [0.1, 0.15) is 23.0 Å². The number of carbonyl (C=O) groups excluding carboxylic acids is 2. The van der Waals surface area contributed by atoms with Gasteiger partial charge >= 0.3 is 0 Å². The summed E-state index contributed by atoms with van der Waals surface area (Å²) in [4.78, 5) is 30.4. The minimum Gasteiger partial charge on any atom is -0.339 e. The van der Waals surface area contributed by atoms with Crippen LogP contribution in [-0.2, 0) is 0 Å². The van der Waals surface area contributed by atoms with Gasteiger partial charge in [-0.2, -0.15) is 0 Å². The topological polar surface area (TPSA) is 62.3 Å². The van der Waals surface area contributed by atoms with E-state index in [9.17, 15) is 18.4 Å². The van der Waals surface area contributed by atoms with Crippen molar-refractivity contribution in [3.63, 3.8) is 0 Å². The summed E-state index contributed by atoms with van der Waals surface area (Å²) in [5.74, 6) is -2.71. The van der Waals surface area contributed by atoms with Crippen molar-refractivity contribution < 1.29 is 18.4 Å². The largest absolute Gasteiger partial charge is 0.339 e. The molecule has 0 saturated carbocycles. The quantitative estimate of drug-likeness (QED) is 0.929. The number of hydrogen-bond acceptors (Lipinski definition) is 3. The molecular formula is C18H17F2N3O2. The number of para-hydroxylation sites is 1. The Morgan fingerprint density at radius 1 is 1.04 bits per heavy atom. The van der Waals surface area contributed by atoms with Crippen LogP contribution in [0.3, 0.4) is 0 Å². The Morgan fingerprint density at radius 2 is 1.72 bits per heavy atom. The first-order valence-corrected chi connectivity index (χ1v) is 8.07. The summed E-state index contributed by atoms with van der Waals surface area (Å²) in [6.07, 6.45) is 4.35. The zero-order valence-corrected chi connectivity index (χ0v) is 13.5. The minimum absolute atomic E-state index is 0.0782. The summed E-state index contributed by atoms with van der Waals surface area (Å²) in [6.45, 7) is 1.37. The summed E-state index contributed by atoms with van der Waals surface area (Å²) in [6, 6.07) is 6.16. The molecule has 25 heavy (non-hydrogen) atoms. The monoisotopic (exact) mass is 345 g/mol. The van der Waals surface area contributed by atoms with Crippen LogP contribution in [0.15, 0.2) is 36.5 Å². The number of pyridine rings is 1. The lowest BCUT2D eigenvalue weighted by molar-refractivity contribution is 0.0724.